The van der Waals surface area contributed by atoms with Crippen LogP contribution >= 0.6 is 0 Å². The van der Waals surface area contributed by atoms with Gasteiger partial charge in [-0.3, -0.25) is 15.0 Å². The van der Waals surface area contributed by atoms with Gasteiger partial charge in [0, 0.05) is 6.54 Å². The Kier molecular flexibility index (Phi) is 5.24. The van der Waals surface area contributed by atoms with Crippen LogP contribution in [0.3, 0.4) is 0 Å². The molecule has 0 aromatic heterocycles. The highest BCUT2D eigenvalue weighted by Gasteiger charge is 2.19. The number of nitrogens with two attached hydrogens (primary N) is 1. The van der Waals surface area contributed by atoms with Crippen LogP contribution in [0.15, 0.2) is 0 Å². The van der Waals surface area contributed by atoms with E-state index in [1.807, 2.05) is 12.2 Å². The highest BCUT2D eigenvalue weighted by Crippen LogP contribution is 2.03. The second kappa shape index (κ2) is 5.67. The summed E-state index contributed by atoms with van der Waals surface area (Å²) < 4.78 is 0. The van der Waals surface area contributed by atoms with Crippen molar-refractivity contribution in [1.29, 1.82) is 0 Å². The molecule has 0 aliphatic carbocycles. The zero-order valence-corrected chi connectivity index (χ0v) is 9.41. The van der Waals surface area contributed by atoms with Gasteiger partial charge in [0.05, 0.1) is 12.1 Å². The van der Waals surface area contributed by atoms with Gasteiger partial charge in [0.1, 0.15) is 0 Å². The van der Waals surface area contributed by atoms with E-state index in [0.29, 0.717) is 13.1 Å². The Bertz CT molecular complexity index is 235. The first kappa shape index (κ1) is 13.9. The number of likely N-dealkylation sites (N-methyl/N-ethyl adjacent to an activating group) is 1. The standard InChI is InChI=1S/C9H19N3O3/c1-4-12(6-9(2,3)15)5-7(13)11-8(10)14/h15H,4-6H2,1-3H3,(H3,10,11,13,14). The van der Waals surface area contributed by atoms with Crippen LogP contribution in [0.2, 0.25) is 0 Å². The largest absolute Gasteiger partial charge is 0.389 e. The van der Waals surface area contributed by atoms with E-state index in [1.165, 1.54) is 0 Å². The number of rotatable bonds is 5. The first-order valence-electron chi connectivity index (χ1n) is 4.78. The third-order valence-corrected chi connectivity index (χ3v) is 1.69. The van der Waals surface area contributed by atoms with Gasteiger partial charge in [0.15, 0.2) is 0 Å². The van der Waals surface area contributed by atoms with Crippen molar-refractivity contribution in [1.82, 2.24) is 10.2 Å². The molecule has 0 bridgehead atoms. The normalized spacial score (nSPS) is 11.5. The molecule has 15 heavy (non-hydrogen) atoms. The summed E-state index contributed by atoms with van der Waals surface area (Å²) >= 11 is 0. The first-order valence-corrected chi connectivity index (χ1v) is 4.78. The van der Waals surface area contributed by atoms with Crippen LogP contribution in [0.25, 0.3) is 0 Å². The Morgan fingerprint density at radius 1 is 1.47 bits per heavy atom. The minimum absolute atomic E-state index is 0.0451. The van der Waals surface area contributed by atoms with Crippen LogP contribution < -0.4 is 11.1 Å². The number of nitrogens with one attached hydrogen (secondary N) is 1. The van der Waals surface area contributed by atoms with Crippen LogP contribution in [-0.2, 0) is 4.79 Å². The molecule has 0 rings (SSSR count). The van der Waals surface area contributed by atoms with E-state index in [4.69, 9.17) is 5.73 Å². The van der Waals surface area contributed by atoms with E-state index in [2.05, 4.69) is 0 Å². The Morgan fingerprint density at radius 2 is 2.00 bits per heavy atom. The third-order valence-electron chi connectivity index (χ3n) is 1.69. The highest BCUT2D eigenvalue weighted by molar-refractivity contribution is 5.94. The van der Waals surface area contributed by atoms with Crippen LogP contribution in [0.1, 0.15) is 20.8 Å². The van der Waals surface area contributed by atoms with Gasteiger partial charge in [-0.15, -0.1) is 0 Å². The topological polar surface area (TPSA) is 95.7 Å². The molecule has 0 heterocycles. The maximum Gasteiger partial charge on any atom is 0.318 e. The molecule has 0 radical (unpaired) electrons. The fraction of sp³-hybridized carbons (Fsp3) is 0.778. The summed E-state index contributed by atoms with van der Waals surface area (Å²) in [6, 6.07) is -0.862. The average Bonchev–Trinajstić information content (AvgIpc) is 1.98. The molecule has 0 aliphatic heterocycles. The quantitative estimate of drug-likeness (QED) is 0.566. The van der Waals surface area contributed by atoms with Crippen molar-refractivity contribution in [2.45, 2.75) is 26.4 Å². The molecule has 3 amide bonds. The Balaban J connectivity index is 4.10. The number of imide groups is 1. The summed E-state index contributed by atoms with van der Waals surface area (Å²) in [5.41, 5.74) is 3.93. The molecule has 0 aliphatic rings. The van der Waals surface area contributed by atoms with Crippen LogP contribution in [-0.4, -0.2) is 47.2 Å². The minimum atomic E-state index is -0.872. The van der Waals surface area contributed by atoms with Gasteiger partial charge in [-0.1, -0.05) is 6.92 Å². The van der Waals surface area contributed by atoms with E-state index < -0.39 is 17.5 Å². The molecule has 0 atom stereocenters. The molecule has 0 saturated heterocycles. The molecule has 0 aromatic rings. The fourth-order valence-electron chi connectivity index (χ4n) is 1.21. The summed E-state index contributed by atoms with van der Waals surface area (Å²) in [6.45, 7) is 6.18. The summed E-state index contributed by atoms with van der Waals surface area (Å²) in [4.78, 5) is 23.3. The van der Waals surface area contributed by atoms with Gasteiger partial charge in [0.25, 0.3) is 0 Å². The van der Waals surface area contributed by atoms with Crippen molar-refractivity contribution >= 4 is 11.9 Å². The molecule has 0 fully saturated rings. The Hall–Kier alpha value is -1.14. The third kappa shape index (κ3) is 7.90. The zero-order chi connectivity index (χ0) is 12.1. The van der Waals surface area contributed by atoms with Crippen molar-refractivity contribution in [2.75, 3.05) is 19.6 Å². The molecule has 0 saturated carbocycles. The maximum absolute atomic E-state index is 11.2. The number of aliphatic hydroxyl groups is 1. The summed E-state index contributed by atoms with van der Waals surface area (Å²) in [7, 11) is 0. The van der Waals surface area contributed by atoms with Crippen LogP contribution in [0.5, 0.6) is 0 Å². The molecule has 4 N–H and O–H groups in total. The predicted molar refractivity (Wildman–Crippen MR) is 56.1 cm³/mol. The number of urea groups is 1. The average molecular weight is 217 g/mol. The zero-order valence-electron chi connectivity index (χ0n) is 9.41. The van der Waals surface area contributed by atoms with Gasteiger partial charge in [0.2, 0.25) is 5.91 Å². The lowest BCUT2D eigenvalue weighted by Gasteiger charge is -2.27. The summed E-state index contributed by atoms with van der Waals surface area (Å²) in [5.74, 6) is -0.464. The minimum Gasteiger partial charge on any atom is -0.389 e. The summed E-state index contributed by atoms with van der Waals surface area (Å²) in [5, 5.41) is 11.5. The van der Waals surface area contributed by atoms with Crippen LogP contribution in [0, 0.1) is 0 Å². The molecule has 0 spiro atoms. The van der Waals surface area contributed by atoms with Gasteiger partial charge in [-0.25, -0.2) is 4.79 Å². The van der Waals surface area contributed by atoms with E-state index in [0.717, 1.165) is 0 Å². The smallest absolute Gasteiger partial charge is 0.318 e. The van der Waals surface area contributed by atoms with Gasteiger partial charge in [-0.2, -0.15) is 0 Å². The van der Waals surface area contributed by atoms with Gasteiger partial charge >= 0.3 is 6.03 Å². The van der Waals surface area contributed by atoms with E-state index in [9.17, 15) is 14.7 Å². The van der Waals surface area contributed by atoms with E-state index >= 15 is 0 Å². The number of amides is 3. The molecular weight excluding hydrogens is 198 g/mol. The molecular formula is C9H19N3O3. The Labute approximate surface area is 89.4 Å². The lowest BCUT2D eigenvalue weighted by molar-refractivity contribution is -0.121. The molecule has 88 valence electrons. The van der Waals surface area contributed by atoms with E-state index in [1.54, 1.807) is 18.7 Å². The maximum atomic E-state index is 11.2. The number of hydrogen-bond acceptors (Lipinski definition) is 4. The number of primary amides is 1. The lowest BCUT2D eigenvalue weighted by Crippen LogP contribution is -2.46. The number of hydrogen-bond donors (Lipinski definition) is 3. The fourth-order valence-corrected chi connectivity index (χ4v) is 1.21. The van der Waals surface area contributed by atoms with Crippen molar-refractivity contribution in [3.8, 4) is 0 Å². The van der Waals surface area contributed by atoms with Crippen molar-refractivity contribution in [3.63, 3.8) is 0 Å². The van der Waals surface area contributed by atoms with E-state index in [-0.39, 0.29) is 6.54 Å². The first-order chi connectivity index (χ1) is 6.74. The molecule has 0 unspecified atom stereocenters. The summed E-state index contributed by atoms with van der Waals surface area (Å²) in [6.07, 6.45) is 0. The second-order valence-electron chi connectivity index (χ2n) is 4.03. The SMILES string of the molecule is CCN(CC(=O)NC(N)=O)CC(C)(C)O. The number of nitrogens with zero attached hydrogens (tertiary/aromatic N) is 1. The molecule has 6 nitrogen and oxygen atoms in total. The van der Waals surface area contributed by atoms with Crippen LogP contribution in [0.4, 0.5) is 4.79 Å². The van der Waals surface area contributed by atoms with Crippen molar-refractivity contribution < 1.29 is 14.7 Å². The lowest BCUT2D eigenvalue weighted by atomic mass is 10.1. The highest BCUT2D eigenvalue weighted by atomic mass is 16.3. The van der Waals surface area contributed by atoms with Gasteiger partial charge < -0.3 is 10.8 Å². The van der Waals surface area contributed by atoms with Crippen molar-refractivity contribution in [3.05, 3.63) is 0 Å². The number of carbonyl (C=O) groups excluding carboxylic acids is 2. The van der Waals surface area contributed by atoms with Gasteiger partial charge in [-0.05, 0) is 20.4 Å². The predicted octanol–water partition coefficient (Wildman–Crippen LogP) is -0.726. The molecule has 0 aromatic carbocycles. The van der Waals surface area contributed by atoms with Crippen molar-refractivity contribution in [2.24, 2.45) is 5.73 Å². The number of carbonyl (C=O) groups is 2. The second-order valence-corrected chi connectivity index (χ2v) is 4.03. The monoisotopic (exact) mass is 217 g/mol. The Morgan fingerprint density at radius 3 is 2.33 bits per heavy atom. The molecule has 6 heteroatoms.